The minimum atomic E-state index is -0.920. The number of thiophene rings is 1. The molecule has 4 rings (SSSR count). The number of aromatic nitrogens is 1. The summed E-state index contributed by atoms with van der Waals surface area (Å²) >= 11 is 1.13. The number of amides is 1. The van der Waals surface area contributed by atoms with Crippen molar-refractivity contribution in [1.82, 2.24) is 9.88 Å². The number of ketones is 1. The molecule has 6 nitrogen and oxygen atoms in total. The molecule has 34 heavy (non-hydrogen) atoms. The lowest BCUT2D eigenvalue weighted by Crippen LogP contribution is -2.22. The zero-order valence-corrected chi connectivity index (χ0v) is 19.4. The lowest BCUT2D eigenvalue weighted by Gasteiger charge is -2.14. The van der Waals surface area contributed by atoms with Crippen LogP contribution in [0.5, 0.6) is 11.5 Å². The predicted octanol–water partition coefficient (Wildman–Crippen LogP) is 5.29. The second-order valence-corrected chi connectivity index (χ2v) is 8.63. The fourth-order valence-electron chi connectivity index (χ4n) is 3.57. The largest absolute Gasteiger partial charge is 0.454 e. The zero-order chi connectivity index (χ0) is 24.6. The molecule has 0 bridgehead atoms. The molecule has 0 atom stereocenters. The number of carbonyl (C=O) groups excluding carboxylic acids is 2. The maximum Gasteiger partial charge on any atom is 0.262 e. The molecule has 2 heterocycles. The van der Waals surface area contributed by atoms with Gasteiger partial charge in [-0.15, -0.1) is 11.3 Å². The number of hydrogen-bond acceptors (Lipinski definition) is 5. The maximum atomic E-state index is 14.4. The van der Waals surface area contributed by atoms with Gasteiger partial charge in [0.15, 0.2) is 17.3 Å². The third kappa shape index (κ3) is 4.22. The minimum Gasteiger partial charge on any atom is -0.454 e. The summed E-state index contributed by atoms with van der Waals surface area (Å²) in [6.45, 7) is 3.52. The topological polar surface area (TPSA) is 77.4 Å². The Morgan fingerprint density at radius 1 is 1.09 bits per heavy atom. The van der Waals surface area contributed by atoms with E-state index in [1.807, 2.05) is 0 Å². The first-order valence-corrected chi connectivity index (χ1v) is 11.2. The van der Waals surface area contributed by atoms with Gasteiger partial charge in [-0.2, -0.15) is 0 Å². The molecule has 0 unspecified atom stereocenters. The lowest BCUT2D eigenvalue weighted by atomic mass is 9.98. The molecular weight excluding hydrogens is 462 g/mol. The number of pyridine rings is 1. The van der Waals surface area contributed by atoms with E-state index in [-0.39, 0.29) is 44.2 Å². The molecule has 0 fully saturated rings. The van der Waals surface area contributed by atoms with E-state index < -0.39 is 17.5 Å². The average molecular weight is 483 g/mol. The third-order valence-corrected chi connectivity index (χ3v) is 6.39. The highest BCUT2D eigenvalue weighted by Crippen LogP contribution is 2.43. The summed E-state index contributed by atoms with van der Waals surface area (Å²) in [5.41, 5.74) is 0.530. The summed E-state index contributed by atoms with van der Waals surface area (Å²) in [7, 11) is 1.59. The Hall–Kier alpha value is -3.85. The fourth-order valence-corrected chi connectivity index (χ4v) is 4.69. The molecule has 1 amide bonds. The molecule has 0 aliphatic carbocycles. The first kappa shape index (κ1) is 23.3. The Balaban J connectivity index is 2.05. The molecule has 0 radical (unpaired) electrons. The van der Waals surface area contributed by atoms with E-state index in [1.54, 1.807) is 26.2 Å². The summed E-state index contributed by atoms with van der Waals surface area (Å²) in [5, 5.41) is 3.02. The first-order valence-electron chi connectivity index (χ1n) is 10.4. The van der Waals surface area contributed by atoms with Crippen LogP contribution in [0.25, 0.3) is 21.2 Å². The van der Waals surface area contributed by atoms with E-state index >= 15 is 0 Å². The van der Waals surface area contributed by atoms with Gasteiger partial charge in [0.05, 0.1) is 5.39 Å². The number of fused-ring (bicyclic) bond motifs is 1. The van der Waals surface area contributed by atoms with Crippen molar-refractivity contribution in [2.24, 2.45) is 7.05 Å². The van der Waals surface area contributed by atoms with Crippen LogP contribution in [0.15, 0.2) is 53.5 Å². The van der Waals surface area contributed by atoms with Gasteiger partial charge in [0, 0.05) is 47.2 Å². The number of carbonyl (C=O) groups is 2. The van der Waals surface area contributed by atoms with Gasteiger partial charge < -0.3 is 14.6 Å². The summed E-state index contributed by atoms with van der Waals surface area (Å²) in [4.78, 5) is 38.5. The molecule has 2 aromatic heterocycles. The molecule has 174 valence electrons. The molecule has 0 aliphatic heterocycles. The molecule has 1 N–H and O–H groups in total. The van der Waals surface area contributed by atoms with Crippen molar-refractivity contribution >= 4 is 33.1 Å². The molecule has 0 saturated heterocycles. The van der Waals surface area contributed by atoms with Crippen molar-refractivity contribution in [3.8, 4) is 22.6 Å². The number of aryl methyl sites for hydroxylation is 1. The Morgan fingerprint density at radius 3 is 2.50 bits per heavy atom. The first-order chi connectivity index (χ1) is 16.2. The van der Waals surface area contributed by atoms with Crippen LogP contribution in [-0.2, 0) is 7.05 Å². The predicted molar refractivity (Wildman–Crippen MR) is 127 cm³/mol. The number of rotatable bonds is 6. The number of ether oxygens (including phenoxy) is 1. The molecule has 0 spiro atoms. The van der Waals surface area contributed by atoms with Crippen LogP contribution in [-0.4, -0.2) is 22.8 Å². The highest BCUT2D eigenvalue weighted by Gasteiger charge is 2.25. The van der Waals surface area contributed by atoms with Crippen LogP contribution in [0.4, 0.5) is 8.78 Å². The van der Waals surface area contributed by atoms with Gasteiger partial charge in [-0.05, 0) is 50.2 Å². The second-order valence-electron chi connectivity index (χ2n) is 7.58. The van der Waals surface area contributed by atoms with Crippen LogP contribution in [0.3, 0.4) is 0 Å². The van der Waals surface area contributed by atoms with Gasteiger partial charge in [0.2, 0.25) is 0 Å². The Bertz CT molecular complexity index is 1510. The summed E-state index contributed by atoms with van der Waals surface area (Å²) < 4.78 is 35.5. The van der Waals surface area contributed by atoms with Crippen LogP contribution < -0.4 is 15.6 Å². The third-order valence-electron chi connectivity index (χ3n) is 5.23. The number of benzene rings is 2. The van der Waals surface area contributed by atoms with Crippen molar-refractivity contribution in [3.05, 3.63) is 81.1 Å². The number of halogens is 2. The van der Waals surface area contributed by atoms with E-state index in [2.05, 4.69) is 5.32 Å². The van der Waals surface area contributed by atoms with E-state index in [0.29, 0.717) is 22.9 Å². The normalized spacial score (nSPS) is 11.0. The van der Waals surface area contributed by atoms with Gasteiger partial charge in [-0.25, -0.2) is 8.78 Å². The highest BCUT2D eigenvalue weighted by molar-refractivity contribution is 7.21. The maximum absolute atomic E-state index is 14.4. The van der Waals surface area contributed by atoms with E-state index in [0.717, 1.165) is 23.5 Å². The van der Waals surface area contributed by atoms with E-state index in [1.165, 1.54) is 29.7 Å². The minimum absolute atomic E-state index is 0.103. The van der Waals surface area contributed by atoms with Crippen molar-refractivity contribution < 1.29 is 23.1 Å². The average Bonchev–Trinajstić information content (AvgIpc) is 3.18. The molecule has 0 saturated carbocycles. The molecule has 0 aliphatic rings. The summed E-state index contributed by atoms with van der Waals surface area (Å²) in [5.74, 6) is -2.46. The number of nitrogens with one attached hydrogen (secondary N) is 1. The van der Waals surface area contributed by atoms with Crippen LogP contribution in [0, 0.1) is 11.6 Å². The van der Waals surface area contributed by atoms with Crippen LogP contribution in [0.2, 0.25) is 0 Å². The lowest BCUT2D eigenvalue weighted by molar-refractivity contribution is 0.0959. The molecule has 4 aromatic rings. The smallest absolute Gasteiger partial charge is 0.262 e. The quantitative estimate of drug-likeness (QED) is 0.379. The van der Waals surface area contributed by atoms with Gasteiger partial charge >= 0.3 is 0 Å². The Morgan fingerprint density at radius 2 is 1.82 bits per heavy atom. The van der Waals surface area contributed by atoms with Gasteiger partial charge in [0.25, 0.3) is 11.5 Å². The van der Waals surface area contributed by atoms with Crippen molar-refractivity contribution in [3.63, 3.8) is 0 Å². The van der Waals surface area contributed by atoms with Crippen molar-refractivity contribution in [2.45, 2.75) is 13.8 Å². The second kappa shape index (κ2) is 9.18. The van der Waals surface area contributed by atoms with Gasteiger partial charge in [-0.3, -0.25) is 14.4 Å². The monoisotopic (exact) mass is 482 g/mol. The van der Waals surface area contributed by atoms with Crippen molar-refractivity contribution in [2.75, 3.05) is 6.54 Å². The number of Topliss-reactive ketones (excluding diaryl/α,β-unsaturated/α-hetero) is 1. The number of nitrogens with zero attached hydrogens (tertiary/aromatic N) is 1. The SMILES string of the molecule is CCNC(=O)c1sc2ccn(C)c(=O)c2c1-c1cc(C(C)=O)ccc1Oc1ccc(F)cc1F. The highest BCUT2D eigenvalue weighted by atomic mass is 32.1. The van der Waals surface area contributed by atoms with Crippen LogP contribution in [0.1, 0.15) is 33.9 Å². The Kier molecular flexibility index (Phi) is 6.30. The molecule has 9 heteroatoms. The van der Waals surface area contributed by atoms with Gasteiger partial charge in [0.1, 0.15) is 16.4 Å². The summed E-state index contributed by atoms with van der Waals surface area (Å²) in [6.07, 6.45) is 1.60. The van der Waals surface area contributed by atoms with E-state index in [9.17, 15) is 23.2 Å². The van der Waals surface area contributed by atoms with Crippen LogP contribution >= 0.6 is 11.3 Å². The standard InChI is InChI=1S/C25H20F2N2O4S/c1-4-28-24(31)23-21(22-20(34-23)9-10-29(3)25(22)32)16-11-14(13(2)30)5-7-18(16)33-19-8-6-15(26)12-17(19)27/h5-12H,4H2,1-3H3,(H,28,31). The summed E-state index contributed by atoms with van der Waals surface area (Å²) in [6, 6.07) is 9.09. The number of hydrogen-bond donors (Lipinski definition) is 1. The molecule has 2 aromatic carbocycles. The van der Waals surface area contributed by atoms with Gasteiger partial charge in [-0.1, -0.05) is 0 Å². The molecular formula is C25H20F2N2O4S. The Labute approximate surface area is 197 Å². The van der Waals surface area contributed by atoms with E-state index in [4.69, 9.17) is 4.74 Å². The van der Waals surface area contributed by atoms with Crippen molar-refractivity contribution in [1.29, 1.82) is 0 Å². The fraction of sp³-hybridized carbons (Fsp3) is 0.160. The zero-order valence-electron chi connectivity index (χ0n) is 18.6.